The predicted octanol–water partition coefficient (Wildman–Crippen LogP) is 0.872. The molecule has 0 heterocycles. The second kappa shape index (κ2) is 4.71. The van der Waals surface area contributed by atoms with E-state index in [0.29, 0.717) is 12.3 Å². The van der Waals surface area contributed by atoms with Gasteiger partial charge in [-0.1, -0.05) is 0 Å². The molecule has 2 N–H and O–H groups in total. The highest BCUT2D eigenvalue weighted by atomic mass is 35.5. The average molecular weight is 137 g/mol. The molecule has 1 radical (unpaired) electrons. The van der Waals surface area contributed by atoms with Gasteiger partial charge in [0.2, 0.25) is 0 Å². The van der Waals surface area contributed by atoms with Crippen LogP contribution in [0.5, 0.6) is 0 Å². The molecule has 0 rings (SSSR count). The lowest BCUT2D eigenvalue weighted by Crippen LogP contribution is -2.11. The topological polar surface area (TPSA) is 52.3 Å². The van der Waals surface area contributed by atoms with Gasteiger partial charge in [-0.15, -0.1) is 11.6 Å². The fourth-order valence-corrected chi connectivity index (χ4v) is 0.275. The van der Waals surface area contributed by atoms with E-state index in [2.05, 4.69) is 10.5 Å². The molecule has 0 unspecified atom stereocenters. The number of nitrogens with two attached hydrogens (primary N) is 1. The molecule has 4 heteroatoms. The first-order chi connectivity index (χ1) is 3.77. The minimum atomic E-state index is -0.796. The van der Waals surface area contributed by atoms with Crippen molar-refractivity contribution in [3.05, 3.63) is 6.61 Å². The highest BCUT2D eigenvalue weighted by Gasteiger charge is 1.90. The molecule has 0 aliphatic rings. The van der Waals surface area contributed by atoms with Crippen molar-refractivity contribution < 1.29 is 9.53 Å². The molecule has 8 heavy (non-hydrogen) atoms. The molecule has 0 aromatic carbocycles. The van der Waals surface area contributed by atoms with Crippen LogP contribution in [0.1, 0.15) is 6.42 Å². The van der Waals surface area contributed by atoms with Gasteiger partial charge < -0.3 is 10.5 Å². The van der Waals surface area contributed by atoms with Gasteiger partial charge in [0, 0.05) is 12.3 Å². The van der Waals surface area contributed by atoms with Crippen molar-refractivity contribution in [2.75, 3.05) is 5.88 Å². The Labute approximate surface area is 52.8 Å². The second-order valence-corrected chi connectivity index (χ2v) is 1.46. The zero-order valence-electron chi connectivity index (χ0n) is 4.26. The molecule has 0 aromatic rings. The lowest BCUT2D eigenvalue weighted by Gasteiger charge is -1.94. The summed E-state index contributed by atoms with van der Waals surface area (Å²) in [5, 5.41) is 0. The molecule has 0 atom stereocenters. The third-order valence-corrected chi connectivity index (χ3v) is 0.645. The number of amides is 1. The molecular weight excluding hydrogens is 130 g/mol. The van der Waals surface area contributed by atoms with Gasteiger partial charge in [0.25, 0.3) is 0 Å². The Balaban J connectivity index is 2.82. The Morgan fingerprint density at radius 3 is 2.88 bits per heavy atom. The fraction of sp³-hybridized carbons (Fsp3) is 0.500. The molecule has 0 aromatic heterocycles. The van der Waals surface area contributed by atoms with Gasteiger partial charge in [-0.2, -0.15) is 0 Å². The number of primary amides is 1. The average Bonchev–Trinajstić information content (AvgIpc) is 1.66. The summed E-state index contributed by atoms with van der Waals surface area (Å²) in [6.45, 7) is 1.27. The van der Waals surface area contributed by atoms with Crippen LogP contribution in [-0.2, 0) is 4.74 Å². The van der Waals surface area contributed by atoms with Crippen molar-refractivity contribution in [3.63, 3.8) is 0 Å². The summed E-state index contributed by atoms with van der Waals surface area (Å²) in [5.74, 6) is 0.438. The van der Waals surface area contributed by atoms with E-state index in [1.165, 1.54) is 6.61 Å². The summed E-state index contributed by atoms with van der Waals surface area (Å²) in [6.07, 6.45) is -0.264. The van der Waals surface area contributed by atoms with Gasteiger partial charge in [-0.05, 0) is 0 Å². The summed E-state index contributed by atoms with van der Waals surface area (Å²) in [7, 11) is 0. The van der Waals surface area contributed by atoms with Gasteiger partial charge in [0.05, 0.1) is 0 Å². The van der Waals surface area contributed by atoms with Crippen LogP contribution in [0, 0.1) is 6.61 Å². The standard InChI is InChI=1S/C4H7ClNO2/c5-2-1-3-8-4(6)7/h3H,1-2H2,(H2,6,7). The second-order valence-electron chi connectivity index (χ2n) is 1.08. The summed E-state index contributed by atoms with van der Waals surface area (Å²) in [4.78, 5) is 9.80. The van der Waals surface area contributed by atoms with Gasteiger partial charge >= 0.3 is 6.09 Å². The Morgan fingerprint density at radius 2 is 2.50 bits per heavy atom. The van der Waals surface area contributed by atoms with Crippen molar-refractivity contribution in [2.24, 2.45) is 5.73 Å². The van der Waals surface area contributed by atoms with Gasteiger partial charge in [-0.3, -0.25) is 0 Å². The number of ether oxygens (including phenoxy) is 1. The summed E-state index contributed by atoms with van der Waals surface area (Å²) >= 11 is 5.22. The van der Waals surface area contributed by atoms with Crippen molar-refractivity contribution in [1.82, 2.24) is 0 Å². The lowest BCUT2D eigenvalue weighted by molar-refractivity contribution is 0.181. The summed E-state index contributed by atoms with van der Waals surface area (Å²) in [5.41, 5.74) is 4.60. The maximum Gasteiger partial charge on any atom is 0.404 e. The van der Waals surface area contributed by atoms with Crippen LogP contribution in [0.25, 0.3) is 0 Å². The van der Waals surface area contributed by atoms with Crippen LogP contribution in [0.4, 0.5) is 4.79 Å². The zero-order chi connectivity index (χ0) is 6.41. The van der Waals surface area contributed by atoms with Crippen LogP contribution in [0.3, 0.4) is 0 Å². The number of hydrogen-bond donors (Lipinski definition) is 1. The molecule has 1 amide bonds. The van der Waals surface area contributed by atoms with Crippen LogP contribution < -0.4 is 5.73 Å². The molecule has 0 bridgehead atoms. The Bertz CT molecular complexity index is 76.4. The van der Waals surface area contributed by atoms with E-state index in [1.807, 2.05) is 0 Å². The SMILES string of the molecule is NC(=O)O[CH]CCCl. The quantitative estimate of drug-likeness (QED) is 0.463. The Morgan fingerprint density at radius 1 is 1.88 bits per heavy atom. The molecule has 0 saturated heterocycles. The molecular formula is C4H7ClNO2. The summed E-state index contributed by atoms with van der Waals surface area (Å²) < 4.78 is 4.21. The molecule has 0 saturated carbocycles. The third-order valence-electron chi connectivity index (χ3n) is 0.426. The highest BCUT2D eigenvalue weighted by Crippen LogP contribution is 1.90. The van der Waals surface area contributed by atoms with E-state index in [1.54, 1.807) is 0 Å². The smallest absolute Gasteiger partial charge is 0.404 e. The van der Waals surface area contributed by atoms with E-state index < -0.39 is 6.09 Å². The van der Waals surface area contributed by atoms with Crippen LogP contribution >= 0.6 is 11.6 Å². The first-order valence-electron chi connectivity index (χ1n) is 2.11. The van der Waals surface area contributed by atoms with Crippen molar-refractivity contribution in [1.29, 1.82) is 0 Å². The van der Waals surface area contributed by atoms with E-state index in [0.717, 1.165) is 0 Å². The molecule has 0 aliphatic carbocycles. The van der Waals surface area contributed by atoms with Crippen LogP contribution in [0.15, 0.2) is 0 Å². The van der Waals surface area contributed by atoms with Crippen molar-refractivity contribution in [3.8, 4) is 0 Å². The molecule has 0 spiro atoms. The Hall–Kier alpha value is -0.440. The highest BCUT2D eigenvalue weighted by molar-refractivity contribution is 6.17. The zero-order valence-corrected chi connectivity index (χ0v) is 5.02. The van der Waals surface area contributed by atoms with E-state index in [4.69, 9.17) is 11.6 Å². The van der Waals surface area contributed by atoms with Gasteiger partial charge in [0.15, 0.2) is 0 Å². The number of halogens is 1. The van der Waals surface area contributed by atoms with Gasteiger partial charge in [0.1, 0.15) is 6.61 Å². The number of hydrogen-bond acceptors (Lipinski definition) is 2. The minimum absolute atomic E-state index is 0.438. The number of alkyl halides is 1. The lowest BCUT2D eigenvalue weighted by atomic mass is 10.5. The minimum Gasteiger partial charge on any atom is -0.442 e. The van der Waals surface area contributed by atoms with E-state index in [9.17, 15) is 4.79 Å². The van der Waals surface area contributed by atoms with Crippen LogP contribution in [0.2, 0.25) is 0 Å². The van der Waals surface area contributed by atoms with Crippen molar-refractivity contribution >= 4 is 17.7 Å². The molecule has 3 nitrogen and oxygen atoms in total. The Kier molecular flexibility index (Phi) is 4.45. The monoisotopic (exact) mass is 136 g/mol. The van der Waals surface area contributed by atoms with E-state index in [-0.39, 0.29) is 0 Å². The molecule has 47 valence electrons. The molecule has 0 fully saturated rings. The number of carbonyl (C=O) groups excluding carboxylic acids is 1. The van der Waals surface area contributed by atoms with Crippen LogP contribution in [-0.4, -0.2) is 12.0 Å². The first-order valence-corrected chi connectivity index (χ1v) is 2.64. The predicted molar refractivity (Wildman–Crippen MR) is 30.3 cm³/mol. The van der Waals surface area contributed by atoms with E-state index >= 15 is 0 Å². The first kappa shape index (κ1) is 7.56. The summed E-state index contributed by atoms with van der Waals surface area (Å²) in [6, 6.07) is 0. The number of carbonyl (C=O) groups is 1. The molecule has 0 aliphatic heterocycles. The third kappa shape index (κ3) is 5.56. The maximum absolute atomic E-state index is 9.80. The maximum atomic E-state index is 9.80. The normalized spacial score (nSPS) is 8.62. The number of rotatable bonds is 3. The van der Waals surface area contributed by atoms with Gasteiger partial charge in [-0.25, -0.2) is 4.79 Å². The largest absolute Gasteiger partial charge is 0.442 e. The van der Waals surface area contributed by atoms with Crippen molar-refractivity contribution in [2.45, 2.75) is 6.42 Å². The fourth-order valence-electron chi connectivity index (χ4n) is 0.186.